The highest BCUT2D eigenvalue weighted by atomic mass is 32.2. The number of hydrogen-bond donors (Lipinski definition) is 4. The Morgan fingerprint density at radius 1 is 1.38 bits per heavy atom. The predicted molar refractivity (Wildman–Crippen MR) is 86.3 cm³/mol. The van der Waals surface area contributed by atoms with Gasteiger partial charge in [0, 0.05) is 0 Å². The van der Waals surface area contributed by atoms with Gasteiger partial charge in [-0.25, -0.2) is 19.7 Å². The van der Waals surface area contributed by atoms with Crippen LogP contribution in [-0.4, -0.2) is 76.9 Å². The van der Waals surface area contributed by atoms with Crippen molar-refractivity contribution in [3.63, 3.8) is 0 Å². The average molecular weight is 356 g/mol. The van der Waals surface area contributed by atoms with Crippen molar-refractivity contribution in [3.05, 3.63) is 12.7 Å². The number of nitrogens with two attached hydrogens (primary N) is 1. The fourth-order valence-electron chi connectivity index (χ4n) is 2.70. The van der Waals surface area contributed by atoms with E-state index in [1.807, 2.05) is 0 Å². The molecule has 1 saturated heterocycles. The fourth-order valence-corrected chi connectivity index (χ4v) is 4.08. The van der Waals surface area contributed by atoms with Crippen molar-refractivity contribution in [1.82, 2.24) is 19.5 Å². The molecule has 5 atom stereocenters. The molecule has 2 aromatic heterocycles. The summed E-state index contributed by atoms with van der Waals surface area (Å²) in [6, 6.07) is 0. The first-order chi connectivity index (χ1) is 11.4. The van der Waals surface area contributed by atoms with Crippen molar-refractivity contribution in [2.24, 2.45) is 0 Å². The number of nitrogen functional groups attached to an aromatic ring is 1. The van der Waals surface area contributed by atoms with Gasteiger partial charge in [-0.05, 0) is 10.9 Å². The predicted octanol–water partition coefficient (Wildman–Crippen LogP) is -1.64. The SMILES string of the molecule is C[S+](CC(=O)O)C[C@@H]1O[C@H](n2cnc3c(N)ncnc32)[C@@H](O)[C@H]1O. The number of aliphatic hydroxyl groups excluding tert-OH is 2. The molecule has 1 aliphatic heterocycles. The molecule has 3 rings (SSSR count). The van der Waals surface area contributed by atoms with Crippen LogP contribution in [0, 0.1) is 0 Å². The van der Waals surface area contributed by atoms with Gasteiger partial charge in [0.05, 0.1) is 12.6 Å². The Balaban J connectivity index is 1.81. The van der Waals surface area contributed by atoms with Crippen molar-refractivity contribution < 1.29 is 24.9 Å². The van der Waals surface area contributed by atoms with E-state index in [9.17, 15) is 15.0 Å². The Kier molecular flexibility index (Phi) is 4.58. The molecule has 11 heteroatoms. The van der Waals surface area contributed by atoms with Crippen LogP contribution >= 0.6 is 0 Å². The molecule has 1 aliphatic rings. The molecule has 5 N–H and O–H groups in total. The van der Waals surface area contributed by atoms with Crippen molar-refractivity contribution in [1.29, 1.82) is 0 Å². The highest BCUT2D eigenvalue weighted by molar-refractivity contribution is 7.96. The van der Waals surface area contributed by atoms with Crippen LogP contribution in [0.25, 0.3) is 11.2 Å². The van der Waals surface area contributed by atoms with Gasteiger partial charge in [0.15, 0.2) is 17.7 Å². The number of carbonyl (C=O) groups is 1. The van der Waals surface area contributed by atoms with E-state index in [0.717, 1.165) is 0 Å². The highest BCUT2D eigenvalue weighted by Crippen LogP contribution is 2.32. The maximum Gasteiger partial charge on any atom is 0.353 e. The van der Waals surface area contributed by atoms with Crippen LogP contribution in [0.15, 0.2) is 12.7 Å². The first-order valence-corrected chi connectivity index (χ1v) is 9.11. The minimum Gasteiger partial charge on any atom is -0.478 e. The Hall–Kier alpha value is -1.95. The molecule has 1 unspecified atom stereocenters. The zero-order chi connectivity index (χ0) is 17.4. The molecule has 24 heavy (non-hydrogen) atoms. The standard InChI is InChI=1S/C13H17N5O5S/c1-24(3-7(19)20)2-6-9(21)10(22)13(23-6)18-5-17-8-11(14)15-4-16-12(8)18/h4-6,9-10,13,21-22H,2-3H2,1H3,(H2-,14,15,16,19,20)/p+1/t6-,9-,10-,13-,24?/m0/s1. The van der Waals surface area contributed by atoms with Gasteiger partial charge in [-0.15, -0.1) is 0 Å². The number of ether oxygens (including phenoxy) is 1. The summed E-state index contributed by atoms with van der Waals surface area (Å²) < 4.78 is 7.26. The smallest absolute Gasteiger partial charge is 0.353 e. The minimum absolute atomic E-state index is 0.00882. The van der Waals surface area contributed by atoms with Crippen LogP contribution < -0.4 is 5.73 Å². The summed E-state index contributed by atoms with van der Waals surface area (Å²) in [6.45, 7) is 0. The van der Waals surface area contributed by atoms with E-state index in [0.29, 0.717) is 16.9 Å². The normalized spacial score (nSPS) is 28.3. The quantitative estimate of drug-likeness (QED) is 0.461. The van der Waals surface area contributed by atoms with Crippen LogP contribution in [0.1, 0.15) is 6.23 Å². The Morgan fingerprint density at radius 2 is 2.12 bits per heavy atom. The van der Waals surface area contributed by atoms with Crippen LogP contribution in [-0.2, 0) is 20.4 Å². The van der Waals surface area contributed by atoms with E-state index >= 15 is 0 Å². The molecule has 2 aromatic rings. The molecule has 0 radical (unpaired) electrons. The summed E-state index contributed by atoms with van der Waals surface area (Å²) in [5, 5.41) is 29.4. The molecular weight excluding hydrogens is 338 g/mol. The lowest BCUT2D eigenvalue weighted by atomic mass is 10.1. The number of rotatable bonds is 5. The van der Waals surface area contributed by atoms with Gasteiger partial charge in [0.25, 0.3) is 0 Å². The molecule has 0 aromatic carbocycles. The number of hydrogen-bond acceptors (Lipinski definition) is 8. The maximum atomic E-state index is 10.8. The molecule has 1 fully saturated rings. The number of carboxylic acid groups (broad SMARTS) is 1. The lowest BCUT2D eigenvalue weighted by Crippen LogP contribution is -2.36. The molecule has 0 bridgehead atoms. The summed E-state index contributed by atoms with van der Waals surface area (Å²) >= 11 is 0. The minimum atomic E-state index is -1.19. The fraction of sp³-hybridized carbons (Fsp3) is 0.538. The van der Waals surface area contributed by atoms with Gasteiger partial charge in [-0.3, -0.25) is 4.57 Å². The number of nitrogens with zero attached hydrogens (tertiary/aromatic N) is 4. The molecule has 130 valence electrons. The van der Waals surface area contributed by atoms with Gasteiger partial charge in [0.2, 0.25) is 5.75 Å². The van der Waals surface area contributed by atoms with Gasteiger partial charge < -0.3 is 25.8 Å². The lowest BCUT2D eigenvalue weighted by molar-refractivity contribution is -0.133. The summed E-state index contributed by atoms with van der Waals surface area (Å²) in [4.78, 5) is 22.8. The second kappa shape index (κ2) is 6.51. The van der Waals surface area contributed by atoms with E-state index in [4.69, 9.17) is 15.6 Å². The third kappa shape index (κ3) is 3.02. The number of aliphatic carboxylic acids is 1. The van der Waals surface area contributed by atoms with E-state index in [1.165, 1.54) is 17.2 Å². The molecular formula is C13H18N5O5S+. The van der Waals surface area contributed by atoms with Crippen molar-refractivity contribution in [2.75, 3.05) is 23.5 Å². The van der Waals surface area contributed by atoms with E-state index in [1.54, 1.807) is 6.26 Å². The number of aromatic nitrogens is 4. The third-order valence-corrected chi connectivity index (χ3v) is 5.45. The summed E-state index contributed by atoms with van der Waals surface area (Å²) in [6.07, 6.45) is 0.606. The zero-order valence-corrected chi connectivity index (χ0v) is 13.6. The molecule has 0 aliphatic carbocycles. The van der Waals surface area contributed by atoms with Gasteiger partial charge in [0.1, 0.15) is 35.9 Å². The molecule has 0 spiro atoms. The second-order valence-electron chi connectivity index (χ2n) is 5.62. The second-order valence-corrected chi connectivity index (χ2v) is 7.80. The van der Waals surface area contributed by atoms with E-state index < -0.39 is 41.4 Å². The third-order valence-electron chi connectivity index (χ3n) is 3.82. The van der Waals surface area contributed by atoms with Crippen LogP contribution in [0.4, 0.5) is 5.82 Å². The monoisotopic (exact) mass is 356 g/mol. The van der Waals surface area contributed by atoms with E-state index in [-0.39, 0.29) is 11.6 Å². The number of imidazole rings is 1. The number of carboxylic acids is 1. The Labute approximate surface area is 139 Å². The first-order valence-electron chi connectivity index (χ1n) is 7.14. The topological polar surface area (TPSA) is 157 Å². The Bertz CT molecular complexity index is 755. The van der Waals surface area contributed by atoms with Crippen LogP contribution in [0.5, 0.6) is 0 Å². The molecule has 0 saturated carbocycles. The van der Waals surface area contributed by atoms with Crippen molar-refractivity contribution >= 4 is 33.8 Å². The maximum absolute atomic E-state index is 10.8. The number of anilines is 1. The van der Waals surface area contributed by atoms with Gasteiger partial charge in [-0.2, -0.15) is 0 Å². The Morgan fingerprint density at radius 3 is 2.83 bits per heavy atom. The molecule has 3 heterocycles. The lowest BCUT2D eigenvalue weighted by Gasteiger charge is -2.16. The van der Waals surface area contributed by atoms with Crippen LogP contribution in [0.3, 0.4) is 0 Å². The first kappa shape index (κ1) is 16.9. The average Bonchev–Trinajstić information content (AvgIpc) is 3.04. The van der Waals surface area contributed by atoms with Crippen molar-refractivity contribution in [2.45, 2.75) is 24.5 Å². The zero-order valence-electron chi connectivity index (χ0n) is 12.8. The van der Waals surface area contributed by atoms with Gasteiger partial charge in [-0.1, -0.05) is 0 Å². The highest BCUT2D eigenvalue weighted by Gasteiger charge is 2.46. The van der Waals surface area contributed by atoms with Gasteiger partial charge >= 0.3 is 5.97 Å². The summed E-state index contributed by atoms with van der Waals surface area (Å²) in [5.41, 5.74) is 6.51. The molecule has 0 amide bonds. The van der Waals surface area contributed by atoms with Crippen LogP contribution in [0.2, 0.25) is 0 Å². The summed E-state index contributed by atoms with van der Waals surface area (Å²) in [5.74, 6) is -0.367. The van der Waals surface area contributed by atoms with Crippen molar-refractivity contribution in [3.8, 4) is 0 Å². The largest absolute Gasteiger partial charge is 0.478 e. The molecule has 10 nitrogen and oxygen atoms in total. The number of fused-ring (bicyclic) bond motifs is 1. The summed E-state index contributed by atoms with van der Waals surface area (Å²) in [7, 11) is -0.484. The number of aliphatic hydroxyl groups is 2. The van der Waals surface area contributed by atoms with E-state index in [2.05, 4.69) is 15.0 Å².